The number of benzene rings is 2. The topological polar surface area (TPSA) is 54.9 Å². The standard InChI is InChI=1S/C21H24FN3O3S/c1-24(2)10-5-11-25(21-23-18-9-8-15(22)12-19(18)29-21)20(26)14-28-17-7-4-6-16(13-17)27-3/h4,6-9,12-13H,5,10-11,14H2,1-3H3. The van der Waals surface area contributed by atoms with Crippen molar-refractivity contribution >= 4 is 32.6 Å². The molecule has 0 radical (unpaired) electrons. The van der Waals surface area contributed by atoms with E-state index in [9.17, 15) is 9.18 Å². The van der Waals surface area contributed by atoms with Crippen LogP contribution in [0.2, 0.25) is 0 Å². The molecule has 8 heteroatoms. The first kappa shape index (κ1) is 21.0. The predicted molar refractivity (Wildman–Crippen MR) is 114 cm³/mol. The molecule has 0 bridgehead atoms. The lowest BCUT2D eigenvalue weighted by Gasteiger charge is -2.21. The molecule has 0 atom stereocenters. The van der Waals surface area contributed by atoms with Crippen LogP contribution in [0, 0.1) is 5.82 Å². The highest BCUT2D eigenvalue weighted by Crippen LogP contribution is 2.30. The fourth-order valence-electron chi connectivity index (χ4n) is 2.79. The number of carbonyl (C=O) groups excluding carboxylic acids is 1. The van der Waals surface area contributed by atoms with Crippen molar-refractivity contribution in [2.75, 3.05) is 45.8 Å². The molecule has 0 saturated carbocycles. The van der Waals surface area contributed by atoms with E-state index < -0.39 is 0 Å². The molecule has 1 heterocycles. The molecule has 1 amide bonds. The van der Waals surface area contributed by atoms with Gasteiger partial charge >= 0.3 is 0 Å². The number of rotatable bonds is 9. The van der Waals surface area contributed by atoms with Crippen molar-refractivity contribution in [2.24, 2.45) is 0 Å². The van der Waals surface area contributed by atoms with Crippen LogP contribution in [0.3, 0.4) is 0 Å². The van der Waals surface area contributed by atoms with Crippen molar-refractivity contribution in [1.82, 2.24) is 9.88 Å². The first-order valence-electron chi connectivity index (χ1n) is 9.24. The maximum atomic E-state index is 13.5. The number of amides is 1. The molecule has 0 aliphatic rings. The summed E-state index contributed by atoms with van der Waals surface area (Å²) < 4.78 is 25.1. The maximum absolute atomic E-state index is 13.5. The lowest BCUT2D eigenvalue weighted by molar-refractivity contribution is -0.120. The van der Waals surface area contributed by atoms with Crippen molar-refractivity contribution in [3.63, 3.8) is 0 Å². The van der Waals surface area contributed by atoms with Gasteiger partial charge in [-0.1, -0.05) is 17.4 Å². The largest absolute Gasteiger partial charge is 0.497 e. The number of hydrogen-bond acceptors (Lipinski definition) is 6. The fraction of sp³-hybridized carbons (Fsp3) is 0.333. The molecule has 2 aromatic carbocycles. The Hall–Kier alpha value is -2.71. The number of halogens is 1. The number of anilines is 1. The molecule has 29 heavy (non-hydrogen) atoms. The maximum Gasteiger partial charge on any atom is 0.266 e. The summed E-state index contributed by atoms with van der Waals surface area (Å²) >= 11 is 1.30. The Morgan fingerprint density at radius 3 is 2.69 bits per heavy atom. The number of fused-ring (bicyclic) bond motifs is 1. The van der Waals surface area contributed by atoms with E-state index in [2.05, 4.69) is 9.88 Å². The zero-order valence-electron chi connectivity index (χ0n) is 16.7. The minimum absolute atomic E-state index is 0.126. The molecule has 0 aliphatic carbocycles. The van der Waals surface area contributed by atoms with Crippen LogP contribution in [-0.4, -0.2) is 56.7 Å². The van der Waals surface area contributed by atoms with Gasteiger partial charge in [-0.25, -0.2) is 9.37 Å². The van der Waals surface area contributed by atoms with E-state index in [4.69, 9.17) is 9.47 Å². The van der Waals surface area contributed by atoms with Crippen LogP contribution in [0.15, 0.2) is 42.5 Å². The smallest absolute Gasteiger partial charge is 0.266 e. The Labute approximate surface area is 173 Å². The third kappa shape index (κ3) is 5.65. The normalized spacial score (nSPS) is 11.1. The molecule has 0 spiro atoms. The second kappa shape index (κ2) is 9.67. The Kier molecular flexibility index (Phi) is 7.00. The monoisotopic (exact) mass is 417 g/mol. The molecular formula is C21H24FN3O3S. The van der Waals surface area contributed by atoms with Crippen molar-refractivity contribution in [3.05, 3.63) is 48.3 Å². The Balaban J connectivity index is 1.76. The number of nitrogens with zero attached hydrogens (tertiary/aromatic N) is 3. The zero-order chi connectivity index (χ0) is 20.8. The van der Waals surface area contributed by atoms with Gasteiger partial charge in [-0.15, -0.1) is 0 Å². The number of methoxy groups -OCH3 is 1. The molecule has 6 nitrogen and oxygen atoms in total. The molecule has 154 valence electrons. The summed E-state index contributed by atoms with van der Waals surface area (Å²) in [5, 5.41) is 0.545. The van der Waals surface area contributed by atoms with E-state index >= 15 is 0 Å². The van der Waals surface area contributed by atoms with Gasteiger partial charge in [0.1, 0.15) is 17.3 Å². The van der Waals surface area contributed by atoms with E-state index in [0.717, 1.165) is 13.0 Å². The molecule has 3 rings (SSSR count). The van der Waals surface area contributed by atoms with Crippen LogP contribution in [0.25, 0.3) is 10.2 Å². The Morgan fingerprint density at radius 1 is 1.14 bits per heavy atom. The second-order valence-electron chi connectivity index (χ2n) is 6.78. The van der Waals surface area contributed by atoms with Gasteiger partial charge < -0.3 is 14.4 Å². The quantitative estimate of drug-likeness (QED) is 0.530. The van der Waals surface area contributed by atoms with Crippen molar-refractivity contribution in [1.29, 1.82) is 0 Å². The second-order valence-corrected chi connectivity index (χ2v) is 7.79. The van der Waals surface area contributed by atoms with E-state index in [0.29, 0.717) is 33.4 Å². The molecule has 0 aliphatic heterocycles. The van der Waals surface area contributed by atoms with Crippen molar-refractivity contribution in [2.45, 2.75) is 6.42 Å². The van der Waals surface area contributed by atoms with Gasteiger partial charge in [-0.05, 0) is 57.4 Å². The summed E-state index contributed by atoms with van der Waals surface area (Å²) in [5.41, 5.74) is 0.672. The molecule has 0 fully saturated rings. The van der Waals surface area contributed by atoms with Crippen LogP contribution in [0.4, 0.5) is 9.52 Å². The van der Waals surface area contributed by atoms with Gasteiger partial charge in [0, 0.05) is 12.6 Å². The lowest BCUT2D eigenvalue weighted by Crippen LogP contribution is -2.36. The SMILES string of the molecule is COc1cccc(OCC(=O)N(CCCN(C)C)c2nc3ccc(F)cc3s2)c1. The number of thiazole rings is 1. The Bertz CT molecular complexity index is 977. The number of carbonyl (C=O) groups is 1. The molecule has 0 saturated heterocycles. The highest BCUT2D eigenvalue weighted by atomic mass is 32.1. The van der Waals surface area contributed by atoms with Gasteiger partial charge in [0.15, 0.2) is 11.7 Å². The summed E-state index contributed by atoms with van der Waals surface area (Å²) in [5.74, 6) is 0.689. The highest BCUT2D eigenvalue weighted by molar-refractivity contribution is 7.22. The molecule has 0 N–H and O–H groups in total. The Morgan fingerprint density at radius 2 is 1.93 bits per heavy atom. The van der Waals surface area contributed by atoms with Crippen LogP contribution in [0.1, 0.15) is 6.42 Å². The minimum Gasteiger partial charge on any atom is -0.497 e. The van der Waals surface area contributed by atoms with Gasteiger partial charge in [-0.2, -0.15) is 0 Å². The number of aromatic nitrogens is 1. The summed E-state index contributed by atoms with van der Waals surface area (Å²) in [4.78, 5) is 21.1. The predicted octanol–water partition coefficient (Wildman–Crippen LogP) is 3.81. The summed E-state index contributed by atoms with van der Waals surface area (Å²) in [6, 6.07) is 11.5. The fourth-order valence-corrected chi connectivity index (χ4v) is 3.82. The zero-order valence-corrected chi connectivity index (χ0v) is 17.5. The van der Waals surface area contributed by atoms with E-state index in [1.807, 2.05) is 20.2 Å². The minimum atomic E-state index is -0.320. The van der Waals surface area contributed by atoms with Gasteiger partial charge in [-0.3, -0.25) is 9.69 Å². The molecule has 1 aromatic heterocycles. The van der Waals surface area contributed by atoms with Crippen LogP contribution < -0.4 is 14.4 Å². The number of hydrogen-bond donors (Lipinski definition) is 0. The molecular weight excluding hydrogens is 393 g/mol. The third-order valence-corrected chi connectivity index (χ3v) is 5.30. The van der Waals surface area contributed by atoms with E-state index in [1.165, 1.54) is 23.5 Å². The van der Waals surface area contributed by atoms with Gasteiger partial charge in [0.05, 0.1) is 17.3 Å². The third-order valence-electron chi connectivity index (χ3n) is 4.26. The van der Waals surface area contributed by atoms with Crippen LogP contribution in [0.5, 0.6) is 11.5 Å². The van der Waals surface area contributed by atoms with Crippen molar-refractivity contribution in [3.8, 4) is 11.5 Å². The summed E-state index contributed by atoms with van der Waals surface area (Å²) in [6.07, 6.45) is 0.780. The first-order valence-corrected chi connectivity index (χ1v) is 10.1. The highest BCUT2D eigenvalue weighted by Gasteiger charge is 2.20. The van der Waals surface area contributed by atoms with Gasteiger partial charge in [0.25, 0.3) is 5.91 Å². The summed E-state index contributed by atoms with van der Waals surface area (Å²) in [7, 11) is 5.55. The van der Waals surface area contributed by atoms with E-state index in [1.54, 1.807) is 36.3 Å². The average Bonchev–Trinajstić information content (AvgIpc) is 3.12. The van der Waals surface area contributed by atoms with Crippen molar-refractivity contribution < 1.29 is 18.7 Å². The average molecular weight is 418 g/mol. The molecule has 3 aromatic rings. The summed E-state index contributed by atoms with van der Waals surface area (Å²) in [6.45, 7) is 1.21. The number of ether oxygens (including phenoxy) is 2. The molecule has 0 unspecified atom stereocenters. The van der Waals surface area contributed by atoms with Crippen LogP contribution in [-0.2, 0) is 4.79 Å². The first-order chi connectivity index (χ1) is 14.0. The van der Waals surface area contributed by atoms with Crippen LogP contribution >= 0.6 is 11.3 Å². The van der Waals surface area contributed by atoms with E-state index in [-0.39, 0.29) is 18.3 Å². The van der Waals surface area contributed by atoms with Gasteiger partial charge in [0.2, 0.25) is 0 Å². The lowest BCUT2D eigenvalue weighted by atomic mass is 10.3.